The van der Waals surface area contributed by atoms with Crippen LogP contribution in [0.1, 0.15) is 51.9 Å². The minimum absolute atomic E-state index is 0.871. The van der Waals surface area contributed by atoms with Crippen molar-refractivity contribution in [3.05, 3.63) is 0 Å². The summed E-state index contributed by atoms with van der Waals surface area (Å²) in [4.78, 5) is 4.99. The van der Waals surface area contributed by atoms with Crippen molar-refractivity contribution >= 4 is 0 Å². The Morgan fingerprint density at radius 1 is 1.00 bits per heavy atom. The molecule has 0 bridgehead atoms. The molecule has 0 amide bonds. The van der Waals surface area contributed by atoms with E-state index in [2.05, 4.69) is 6.92 Å². The van der Waals surface area contributed by atoms with Gasteiger partial charge >= 0.3 is 0 Å². The number of hydroxylamine groups is 2. The zero-order valence-electron chi connectivity index (χ0n) is 8.22. The molecular formula is C10H21NO. The fraction of sp³-hybridized carbons (Fsp3) is 1.00. The SMILES string of the molecule is CCCCCCCCCN1CO1. The lowest BCUT2D eigenvalue weighted by Gasteiger charge is -1.99. The van der Waals surface area contributed by atoms with Crippen molar-refractivity contribution in [2.45, 2.75) is 51.9 Å². The molecule has 1 aliphatic heterocycles. The molecule has 0 spiro atoms. The van der Waals surface area contributed by atoms with Gasteiger partial charge in [-0.05, 0) is 6.42 Å². The molecule has 1 fully saturated rings. The van der Waals surface area contributed by atoms with Crippen molar-refractivity contribution in [1.82, 2.24) is 5.06 Å². The van der Waals surface area contributed by atoms with E-state index in [4.69, 9.17) is 4.84 Å². The van der Waals surface area contributed by atoms with Gasteiger partial charge in [0.25, 0.3) is 0 Å². The van der Waals surface area contributed by atoms with E-state index in [1.54, 1.807) is 0 Å². The molecule has 0 aromatic heterocycles. The molecule has 72 valence electrons. The van der Waals surface area contributed by atoms with Gasteiger partial charge in [-0.3, -0.25) is 4.84 Å². The maximum Gasteiger partial charge on any atom is 0.144 e. The van der Waals surface area contributed by atoms with Crippen LogP contribution in [-0.2, 0) is 4.84 Å². The lowest BCUT2D eigenvalue weighted by atomic mass is 10.1. The first kappa shape index (κ1) is 10.0. The topological polar surface area (TPSA) is 15.5 Å². The molecule has 0 aromatic carbocycles. The van der Waals surface area contributed by atoms with Crippen molar-refractivity contribution in [1.29, 1.82) is 0 Å². The standard InChI is InChI=1S/C10H21NO/c1-2-3-4-5-6-7-8-9-11-10-12-11/h2-10H2,1H3. The van der Waals surface area contributed by atoms with E-state index in [1.807, 2.05) is 5.06 Å². The third-order valence-corrected chi connectivity index (χ3v) is 2.32. The van der Waals surface area contributed by atoms with Crippen LogP contribution in [0.15, 0.2) is 0 Å². The summed E-state index contributed by atoms with van der Waals surface area (Å²) < 4.78 is 0. The van der Waals surface area contributed by atoms with Crippen LogP contribution >= 0.6 is 0 Å². The van der Waals surface area contributed by atoms with Crippen LogP contribution < -0.4 is 0 Å². The van der Waals surface area contributed by atoms with Crippen molar-refractivity contribution in [2.24, 2.45) is 0 Å². The van der Waals surface area contributed by atoms with Gasteiger partial charge in [-0.1, -0.05) is 45.4 Å². The highest BCUT2D eigenvalue weighted by atomic mass is 16.8. The average molecular weight is 171 g/mol. The molecule has 0 N–H and O–H groups in total. The van der Waals surface area contributed by atoms with Gasteiger partial charge in [-0.2, -0.15) is 5.06 Å². The second kappa shape index (κ2) is 6.44. The van der Waals surface area contributed by atoms with Gasteiger partial charge in [0.15, 0.2) is 0 Å². The molecule has 1 atom stereocenters. The summed E-state index contributed by atoms with van der Waals surface area (Å²) in [6.45, 7) is 4.28. The Hall–Kier alpha value is -0.0800. The van der Waals surface area contributed by atoms with Gasteiger partial charge in [0.1, 0.15) is 6.73 Å². The fourth-order valence-corrected chi connectivity index (χ4v) is 1.42. The monoisotopic (exact) mass is 171 g/mol. The second-order valence-corrected chi connectivity index (χ2v) is 3.58. The van der Waals surface area contributed by atoms with Crippen LogP contribution in [0.4, 0.5) is 0 Å². The number of hydrogen-bond acceptors (Lipinski definition) is 2. The Balaban J connectivity index is 1.65. The first-order valence-electron chi connectivity index (χ1n) is 5.31. The van der Waals surface area contributed by atoms with Crippen LogP contribution in [0.3, 0.4) is 0 Å². The molecule has 1 saturated heterocycles. The van der Waals surface area contributed by atoms with Crippen LogP contribution in [0, 0.1) is 0 Å². The predicted octanol–water partition coefficient (Wildman–Crippen LogP) is 2.94. The maximum absolute atomic E-state index is 4.99. The van der Waals surface area contributed by atoms with Gasteiger partial charge < -0.3 is 0 Å². The first-order chi connectivity index (χ1) is 5.93. The Morgan fingerprint density at radius 2 is 1.58 bits per heavy atom. The van der Waals surface area contributed by atoms with Gasteiger partial charge in [0, 0.05) is 6.54 Å². The largest absolute Gasteiger partial charge is 0.279 e. The minimum Gasteiger partial charge on any atom is -0.279 e. The van der Waals surface area contributed by atoms with E-state index < -0.39 is 0 Å². The van der Waals surface area contributed by atoms with Crippen molar-refractivity contribution in [2.75, 3.05) is 13.3 Å². The zero-order chi connectivity index (χ0) is 8.65. The van der Waals surface area contributed by atoms with Crippen LogP contribution in [0.25, 0.3) is 0 Å². The zero-order valence-corrected chi connectivity index (χ0v) is 8.22. The molecule has 1 unspecified atom stereocenters. The highest BCUT2D eigenvalue weighted by Gasteiger charge is 2.16. The van der Waals surface area contributed by atoms with Crippen molar-refractivity contribution < 1.29 is 4.84 Å². The van der Waals surface area contributed by atoms with Crippen molar-refractivity contribution in [3.8, 4) is 0 Å². The summed E-state index contributed by atoms with van der Waals surface area (Å²) in [5.74, 6) is 0. The number of rotatable bonds is 8. The molecule has 12 heavy (non-hydrogen) atoms. The fourth-order valence-electron chi connectivity index (χ4n) is 1.42. The Kier molecular flexibility index (Phi) is 5.37. The normalized spacial score (nSPS) is 21.2. The third-order valence-electron chi connectivity index (χ3n) is 2.32. The lowest BCUT2D eigenvalue weighted by Crippen LogP contribution is -1.97. The van der Waals surface area contributed by atoms with Gasteiger partial charge in [0.2, 0.25) is 0 Å². The lowest BCUT2D eigenvalue weighted by molar-refractivity contribution is 0.197. The van der Waals surface area contributed by atoms with Crippen LogP contribution in [-0.4, -0.2) is 18.3 Å². The molecule has 1 heterocycles. The molecular weight excluding hydrogens is 150 g/mol. The Morgan fingerprint density at radius 3 is 2.17 bits per heavy atom. The maximum atomic E-state index is 4.99. The Bertz CT molecular complexity index is 102. The van der Waals surface area contributed by atoms with Gasteiger partial charge in [-0.25, -0.2) is 0 Å². The summed E-state index contributed by atoms with van der Waals surface area (Å²) in [6.07, 6.45) is 9.71. The van der Waals surface area contributed by atoms with Gasteiger partial charge in [0.05, 0.1) is 0 Å². The van der Waals surface area contributed by atoms with Crippen LogP contribution in [0.5, 0.6) is 0 Å². The molecule has 0 aromatic rings. The van der Waals surface area contributed by atoms with E-state index in [0.29, 0.717) is 0 Å². The first-order valence-corrected chi connectivity index (χ1v) is 5.31. The quantitative estimate of drug-likeness (QED) is 0.412. The van der Waals surface area contributed by atoms with Crippen LogP contribution in [0.2, 0.25) is 0 Å². The smallest absolute Gasteiger partial charge is 0.144 e. The van der Waals surface area contributed by atoms with E-state index in [-0.39, 0.29) is 0 Å². The Labute approximate surface area is 75.8 Å². The molecule has 0 aliphatic carbocycles. The summed E-state index contributed by atoms with van der Waals surface area (Å²) in [5.41, 5.74) is 0. The number of hydrogen-bond donors (Lipinski definition) is 0. The van der Waals surface area contributed by atoms with E-state index in [1.165, 1.54) is 44.9 Å². The van der Waals surface area contributed by atoms with Crippen molar-refractivity contribution in [3.63, 3.8) is 0 Å². The summed E-state index contributed by atoms with van der Waals surface area (Å²) in [7, 11) is 0. The van der Waals surface area contributed by atoms with E-state index in [9.17, 15) is 0 Å². The van der Waals surface area contributed by atoms with E-state index in [0.717, 1.165) is 13.3 Å². The second-order valence-electron chi connectivity index (χ2n) is 3.58. The summed E-state index contributed by atoms with van der Waals surface area (Å²) in [6, 6.07) is 0. The highest BCUT2D eigenvalue weighted by Crippen LogP contribution is 2.11. The van der Waals surface area contributed by atoms with E-state index >= 15 is 0 Å². The minimum atomic E-state index is 0.871. The predicted molar refractivity (Wildman–Crippen MR) is 50.7 cm³/mol. The number of unbranched alkanes of at least 4 members (excludes halogenated alkanes) is 6. The molecule has 2 heteroatoms. The summed E-state index contributed by atoms with van der Waals surface area (Å²) >= 11 is 0. The average Bonchev–Trinajstić information content (AvgIpc) is 2.87. The molecule has 0 saturated carbocycles. The summed E-state index contributed by atoms with van der Waals surface area (Å²) in [5, 5.41) is 2.02. The third kappa shape index (κ3) is 5.56. The molecule has 1 aliphatic rings. The molecule has 0 radical (unpaired) electrons. The van der Waals surface area contributed by atoms with Gasteiger partial charge in [-0.15, -0.1) is 0 Å². The number of nitrogens with zero attached hydrogens (tertiary/aromatic N) is 1. The molecule has 2 nitrogen and oxygen atoms in total. The molecule has 1 rings (SSSR count). The highest BCUT2D eigenvalue weighted by molar-refractivity contribution is 4.50.